The zero-order valence-electron chi connectivity index (χ0n) is 21.5. The number of hydrogen-bond donors (Lipinski definition) is 1. The second kappa shape index (κ2) is 11.6. The predicted molar refractivity (Wildman–Crippen MR) is 137 cm³/mol. The normalized spacial score (nSPS) is 27.0. The zero-order valence-corrected chi connectivity index (χ0v) is 23.1. The summed E-state index contributed by atoms with van der Waals surface area (Å²) in [6.07, 6.45) is 5.05. The van der Waals surface area contributed by atoms with Gasteiger partial charge in [0.05, 0.1) is 13.1 Å². The molecule has 4 aliphatic heterocycles. The van der Waals surface area contributed by atoms with Crippen LogP contribution in [0.1, 0.15) is 44.6 Å². The van der Waals surface area contributed by atoms with Gasteiger partial charge in [0.25, 0.3) is 5.91 Å². The number of piperidine rings is 4. The molecule has 2 atom stereocenters. The number of esters is 1. The first-order valence-corrected chi connectivity index (χ1v) is 13.3. The molecule has 2 bridgehead atoms. The molecule has 1 amide bonds. The van der Waals surface area contributed by atoms with Crippen molar-refractivity contribution in [3.8, 4) is 0 Å². The monoisotopic (exact) mass is 573 g/mol. The molecule has 1 N–H and O–H groups in total. The summed E-state index contributed by atoms with van der Waals surface area (Å²) in [5.74, 6) is -0.354. The van der Waals surface area contributed by atoms with Gasteiger partial charge >= 0.3 is 5.97 Å². The summed E-state index contributed by atoms with van der Waals surface area (Å²) in [6, 6.07) is 16.0. The highest BCUT2D eigenvalue weighted by Crippen LogP contribution is 2.38. The number of benzene rings is 2. The highest BCUT2D eigenvalue weighted by Gasteiger charge is 2.51. The molecule has 0 aliphatic carbocycles. The van der Waals surface area contributed by atoms with E-state index in [1.54, 1.807) is 12.1 Å². The fraction of sp³-hybridized carbons (Fsp3) is 0.517. The fourth-order valence-corrected chi connectivity index (χ4v) is 6.43. The maximum absolute atomic E-state index is 13.9. The van der Waals surface area contributed by atoms with Gasteiger partial charge in [-0.05, 0) is 56.6 Å². The Morgan fingerprint density at radius 1 is 1.05 bits per heavy atom. The van der Waals surface area contributed by atoms with E-state index in [0.29, 0.717) is 29.2 Å². The van der Waals surface area contributed by atoms with Gasteiger partial charge in [0.2, 0.25) is 0 Å². The van der Waals surface area contributed by atoms with E-state index < -0.39 is 5.54 Å². The van der Waals surface area contributed by atoms with Crippen LogP contribution in [0, 0.1) is 11.7 Å². The molecule has 8 heteroatoms. The second-order valence-corrected chi connectivity index (χ2v) is 11.0. The molecular weight excluding hydrogens is 537 g/mol. The topological polar surface area (TPSA) is 58.6 Å². The molecule has 0 radical (unpaired) electrons. The first-order valence-electron chi connectivity index (χ1n) is 13.3. The van der Waals surface area contributed by atoms with Crippen LogP contribution in [0.3, 0.4) is 0 Å². The van der Waals surface area contributed by atoms with Gasteiger partial charge in [-0.25, -0.2) is 9.18 Å². The molecule has 0 unspecified atom stereocenters. The van der Waals surface area contributed by atoms with Gasteiger partial charge in [-0.3, -0.25) is 9.69 Å². The number of carbonyl (C=O) groups excluding carboxylic acids is 2. The van der Waals surface area contributed by atoms with Gasteiger partial charge in [-0.2, -0.15) is 0 Å². The Balaban J connectivity index is 0.00000320. The van der Waals surface area contributed by atoms with Crippen molar-refractivity contribution in [2.75, 3.05) is 44.6 Å². The molecule has 4 saturated heterocycles. The molecule has 6 nitrogen and oxygen atoms in total. The van der Waals surface area contributed by atoms with Crippen molar-refractivity contribution in [3.63, 3.8) is 0 Å². The molecule has 4 fully saturated rings. The lowest BCUT2D eigenvalue weighted by Gasteiger charge is -2.52. The maximum Gasteiger partial charge on any atom is 0.331 e. The Labute approximate surface area is 229 Å². The van der Waals surface area contributed by atoms with Crippen LogP contribution in [0.4, 0.5) is 10.1 Å². The number of ether oxygens (including phenoxy) is 1. The first-order chi connectivity index (χ1) is 17.4. The lowest BCUT2D eigenvalue weighted by molar-refractivity contribution is -0.939. The first kappa shape index (κ1) is 27.7. The Morgan fingerprint density at radius 2 is 1.76 bits per heavy atom. The Hall–Kier alpha value is -2.29. The summed E-state index contributed by atoms with van der Waals surface area (Å²) < 4.78 is 20.5. The number of amides is 1. The molecule has 4 heterocycles. The highest BCUT2D eigenvalue weighted by molar-refractivity contribution is 5.91. The van der Waals surface area contributed by atoms with Crippen LogP contribution < -0.4 is 22.3 Å². The standard InChI is InChI=1S/C29H36FN3O3.BrH/c1-29(23-9-4-2-5-10-23,32-15-6-3-7-16-32)28(35)36-26-20-33(17-13-22(26)14-18-33)21-27(34)31-25-12-8-11-24(30)19-25;/h2,4-5,8-12,19,22,26H,3,6-7,13-18,20-21H2,1H3;1H/t22?,26-,29-,33?;/m0./s1. The number of fused-ring (bicyclic) bond motifs is 3. The molecule has 4 aliphatic rings. The molecule has 0 spiro atoms. The van der Waals surface area contributed by atoms with E-state index in [9.17, 15) is 14.0 Å². The molecule has 6 rings (SSSR count). The minimum Gasteiger partial charge on any atom is -1.00 e. The molecule has 0 saturated carbocycles. The number of anilines is 1. The van der Waals surface area contributed by atoms with Gasteiger partial charge < -0.3 is 31.5 Å². The minimum absolute atomic E-state index is 0. The third-order valence-electron chi connectivity index (χ3n) is 8.61. The van der Waals surface area contributed by atoms with Gasteiger partial charge in [0.15, 0.2) is 12.6 Å². The third-order valence-corrected chi connectivity index (χ3v) is 8.61. The van der Waals surface area contributed by atoms with Crippen molar-refractivity contribution >= 4 is 17.6 Å². The molecule has 37 heavy (non-hydrogen) atoms. The van der Waals surface area contributed by atoms with Crippen LogP contribution >= 0.6 is 0 Å². The fourth-order valence-electron chi connectivity index (χ4n) is 6.43. The van der Waals surface area contributed by atoms with Gasteiger partial charge in [0, 0.05) is 24.4 Å². The number of hydrogen-bond acceptors (Lipinski definition) is 4. The zero-order chi connectivity index (χ0) is 25.2. The second-order valence-electron chi connectivity index (χ2n) is 11.0. The Bertz CT molecular complexity index is 1090. The molecular formula is C29H37BrFN3O3. The number of carbonyl (C=O) groups is 2. The Kier molecular flexibility index (Phi) is 8.71. The summed E-state index contributed by atoms with van der Waals surface area (Å²) >= 11 is 0. The smallest absolute Gasteiger partial charge is 0.331 e. The van der Waals surface area contributed by atoms with E-state index in [0.717, 1.165) is 57.4 Å². The summed E-state index contributed by atoms with van der Waals surface area (Å²) in [6.45, 7) is 6.53. The van der Waals surface area contributed by atoms with Crippen LogP contribution in [0.2, 0.25) is 0 Å². The van der Waals surface area contributed by atoms with Crippen LogP contribution in [0.5, 0.6) is 0 Å². The van der Waals surface area contributed by atoms with Crippen molar-refractivity contribution in [2.24, 2.45) is 5.92 Å². The SMILES string of the molecule is C[C@@](C(=O)O[C@H]1C[N+]2(CC(=O)Nc3cccc(F)c3)CCC1CC2)(c1ccccc1)N1CCCCC1.[Br-]. The Morgan fingerprint density at radius 3 is 2.43 bits per heavy atom. The summed E-state index contributed by atoms with van der Waals surface area (Å²) in [5, 5.41) is 2.84. The van der Waals surface area contributed by atoms with E-state index in [4.69, 9.17) is 4.74 Å². The van der Waals surface area contributed by atoms with E-state index in [1.165, 1.54) is 18.6 Å². The number of halogens is 2. The van der Waals surface area contributed by atoms with Crippen LogP contribution in [-0.4, -0.2) is 66.6 Å². The molecule has 2 aromatic rings. The van der Waals surface area contributed by atoms with E-state index in [1.807, 2.05) is 37.3 Å². The predicted octanol–water partition coefficient (Wildman–Crippen LogP) is 1.32. The van der Waals surface area contributed by atoms with Crippen molar-refractivity contribution in [3.05, 3.63) is 66.0 Å². The van der Waals surface area contributed by atoms with Crippen molar-refractivity contribution < 1.29 is 40.2 Å². The quantitative estimate of drug-likeness (QED) is 0.401. The third kappa shape index (κ3) is 5.91. The van der Waals surface area contributed by atoms with Crippen LogP contribution in [-0.2, 0) is 19.9 Å². The summed E-state index contributed by atoms with van der Waals surface area (Å²) in [7, 11) is 0. The average molecular weight is 575 g/mol. The maximum atomic E-state index is 13.9. The van der Waals surface area contributed by atoms with E-state index in [2.05, 4.69) is 10.2 Å². The molecule has 0 aromatic heterocycles. The van der Waals surface area contributed by atoms with Crippen molar-refractivity contribution in [2.45, 2.75) is 50.7 Å². The number of quaternary nitrogens is 1. The van der Waals surface area contributed by atoms with Gasteiger partial charge in [0.1, 0.15) is 17.9 Å². The van der Waals surface area contributed by atoms with Gasteiger partial charge in [-0.1, -0.05) is 42.8 Å². The minimum atomic E-state index is -0.826. The number of rotatable bonds is 7. The highest BCUT2D eigenvalue weighted by atomic mass is 79.9. The largest absolute Gasteiger partial charge is 1.00 e. The van der Waals surface area contributed by atoms with Gasteiger partial charge in [-0.15, -0.1) is 0 Å². The lowest BCUT2D eigenvalue weighted by atomic mass is 9.82. The summed E-state index contributed by atoms with van der Waals surface area (Å²) in [5.41, 5.74) is 0.609. The van der Waals surface area contributed by atoms with Crippen LogP contribution in [0.25, 0.3) is 0 Å². The number of nitrogens with zero attached hydrogens (tertiary/aromatic N) is 2. The average Bonchev–Trinajstić information content (AvgIpc) is 2.89. The van der Waals surface area contributed by atoms with E-state index in [-0.39, 0.29) is 40.8 Å². The lowest BCUT2D eigenvalue weighted by Crippen LogP contribution is -3.00. The number of likely N-dealkylation sites (tertiary alicyclic amines) is 1. The molecule has 200 valence electrons. The van der Waals surface area contributed by atoms with Crippen molar-refractivity contribution in [1.82, 2.24) is 4.90 Å². The van der Waals surface area contributed by atoms with E-state index >= 15 is 0 Å². The van der Waals surface area contributed by atoms with Crippen molar-refractivity contribution in [1.29, 1.82) is 0 Å². The molecule has 2 aromatic carbocycles. The summed E-state index contributed by atoms with van der Waals surface area (Å²) in [4.78, 5) is 29.1. The van der Waals surface area contributed by atoms with Crippen LogP contribution in [0.15, 0.2) is 54.6 Å². The number of nitrogens with one attached hydrogen (secondary N) is 1.